The molecule has 0 spiro atoms. The highest BCUT2D eigenvalue weighted by Gasteiger charge is 2.15. The summed E-state index contributed by atoms with van der Waals surface area (Å²) < 4.78 is 1.48. The van der Waals surface area contributed by atoms with E-state index in [1.165, 1.54) is 4.68 Å². The fourth-order valence-electron chi connectivity index (χ4n) is 3.05. The number of nitrogens with zero attached hydrogens (tertiary/aromatic N) is 3. The molecule has 4 aromatic rings. The van der Waals surface area contributed by atoms with Gasteiger partial charge < -0.3 is 10.1 Å². The maximum atomic E-state index is 12.5. The molecule has 130 valence electrons. The second kappa shape index (κ2) is 6.00. The summed E-state index contributed by atoms with van der Waals surface area (Å²) in [7, 11) is 0. The molecule has 2 aromatic heterocycles. The van der Waals surface area contributed by atoms with E-state index < -0.39 is 0 Å². The van der Waals surface area contributed by atoms with E-state index in [0.29, 0.717) is 27.5 Å². The van der Waals surface area contributed by atoms with Crippen molar-refractivity contribution in [2.24, 2.45) is 0 Å². The number of hydrogen-bond donors (Lipinski definition) is 2. The molecule has 6 nitrogen and oxygen atoms in total. The SMILES string of the molecule is Cc1cc(C)c(-n2cc3c(=O)[nH]c(-c4ccccc4Cl)nc3n2)c(O)c1. The standard InChI is InChI=1S/C19H15ClN4O2/c1-10-7-11(2)16(15(25)8-10)24-9-13-18(23-24)21-17(22-19(13)26)12-5-3-4-6-14(12)20/h3-9,25H,1-2H3,(H,21,22,23,26). The number of aromatic nitrogens is 4. The molecule has 7 heteroatoms. The van der Waals surface area contributed by atoms with Crippen LogP contribution in [0.1, 0.15) is 11.1 Å². The molecule has 4 rings (SSSR count). The quantitative estimate of drug-likeness (QED) is 0.566. The van der Waals surface area contributed by atoms with Crippen LogP contribution in [0.3, 0.4) is 0 Å². The number of phenols is 1. The largest absolute Gasteiger partial charge is 0.506 e. The minimum absolute atomic E-state index is 0.0954. The van der Waals surface area contributed by atoms with Gasteiger partial charge in [0.25, 0.3) is 5.56 Å². The molecular weight excluding hydrogens is 352 g/mol. The van der Waals surface area contributed by atoms with Crippen molar-refractivity contribution >= 4 is 22.6 Å². The van der Waals surface area contributed by atoms with Crippen molar-refractivity contribution in [2.45, 2.75) is 13.8 Å². The number of aryl methyl sites for hydroxylation is 2. The van der Waals surface area contributed by atoms with E-state index in [0.717, 1.165) is 11.1 Å². The number of benzene rings is 2. The summed E-state index contributed by atoms with van der Waals surface area (Å²) in [6, 6.07) is 10.7. The lowest BCUT2D eigenvalue weighted by molar-refractivity contribution is 0.469. The highest BCUT2D eigenvalue weighted by atomic mass is 35.5. The molecule has 0 amide bonds. The highest BCUT2D eigenvalue weighted by Crippen LogP contribution is 2.28. The number of aromatic hydroxyl groups is 1. The molecule has 0 aliphatic carbocycles. The molecular formula is C19H15ClN4O2. The third-order valence-electron chi connectivity index (χ3n) is 4.17. The van der Waals surface area contributed by atoms with Crippen LogP contribution >= 0.6 is 11.6 Å². The van der Waals surface area contributed by atoms with E-state index in [4.69, 9.17) is 11.6 Å². The first-order chi connectivity index (χ1) is 12.4. The molecule has 2 heterocycles. The van der Waals surface area contributed by atoms with Crippen LogP contribution in [0.5, 0.6) is 5.75 Å². The normalized spacial score (nSPS) is 11.2. The van der Waals surface area contributed by atoms with Crippen LogP contribution in [0.2, 0.25) is 5.02 Å². The zero-order valence-electron chi connectivity index (χ0n) is 14.1. The van der Waals surface area contributed by atoms with Crippen molar-refractivity contribution in [1.82, 2.24) is 19.7 Å². The van der Waals surface area contributed by atoms with Gasteiger partial charge in [-0.05, 0) is 43.2 Å². The maximum absolute atomic E-state index is 12.5. The molecule has 0 saturated heterocycles. The van der Waals surface area contributed by atoms with Crippen LogP contribution in [0.15, 0.2) is 47.4 Å². The fourth-order valence-corrected chi connectivity index (χ4v) is 3.27. The van der Waals surface area contributed by atoms with Gasteiger partial charge in [0.05, 0.1) is 5.02 Å². The van der Waals surface area contributed by atoms with Crippen molar-refractivity contribution in [3.63, 3.8) is 0 Å². The molecule has 0 radical (unpaired) electrons. The smallest absolute Gasteiger partial charge is 0.262 e. The molecule has 2 aromatic carbocycles. The van der Waals surface area contributed by atoms with E-state index in [1.807, 2.05) is 26.0 Å². The minimum Gasteiger partial charge on any atom is -0.506 e. The second-order valence-electron chi connectivity index (χ2n) is 6.15. The Kier molecular flexibility index (Phi) is 3.77. The van der Waals surface area contributed by atoms with Gasteiger partial charge in [-0.2, -0.15) is 0 Å². The average molecular weight is 367 g/mol. The van der Waals surface area contributed by atoms with Crippen LogP contribution in [0, 0.1) is 13.8 Å². The van der Waals surface area contributed by atoms with Crippen molar-refractivity contribution in [3.8, 4) is 22.8 Å². The number of rotatable bonds is 2. The Balaban J connectivity index is 1.93. The third-order valence-corrected chi connectivity index (χ3v) is 4.50. The first kappa shape index (κ1) is 16.4. The first-order valence-electron chi connectivity index (χ1n) is 7.99. The lowest BCUT2D eigenvalue weighted by Gasteiger charge is -2.09. The van der Waals surface area contributed by atoms with E-state index in [-0.39, 0.29) is 17.0 Å². The molecule has 0 saturated carbocycles. The fraction of sp³-hybridized carbons (Fsp3) is 0.105. The van der Waals surface area contributed by atoms with Crippen molar-refractivity contribution in [2.75, 3.05) is 0 Å². The molecule has 0 atom stereocenters. The summed E-state index contributed by atoms with van der Waals surface area (Å²) in [5.41, 5.74) is 2.89. The van der Waals surface area contributed by atoms with E-state index in [2.05, 4.69) is 15.1 Å². The van der Waals surface area contributed by atoms with Gasteiger partial charge in [-0.15, -0.1) is 5.10 Å². The highest BCUT2D eigenvalue weighted by molar-refractivity contribution is 6.33. The second-order valence-corrected chi connectivity index (χ2v) is 6.56. The van der Waals surface area contributed by atoms with Gasteiger partial charge in [-0.1, -0.05) is 29.8 Å². The summed E-state index contributed by atoms with van der Waals surface area (Å²) in [5.74, 6) is 0.446. The molecule has 2 N–H and O–H groups in total. The zero-order valence-corrected chi connectivity index (χ0v) is 14.9. The summed E-state index contributed by atoms with van der Waals surface area (Å²) in [6.45, 7) is 3.78. The van der Waals surface area contributed by atoms with Gasteiger partial charge in [-0.25, -0.2) is 9.67 Å². The van der Waals surface area contributed by atoms with E-state index in [9.17, 15) is 9.90 Å². The third kappa shape index (κ3) is 2.64. The summed E-state index contributed by atoms with van der Waals surface area (Å²) in [4.78, 5) is 19.7. The zero-order chi connectivity index (χ0) is 18.4. The summed E-state index contributed by atoms with van der Waals surface area (Å²) >= 11 is 6.20. The van der Waals surface area contributed by atoms with E-state index in [1.54, 1.807) is 30.5 Å². The average Bonchev–Trinajstić information content (AvgIpc) is 2.98. The topological polar surface area (TPSA) is 83.8 Å². The number of hydrogen-bond acceptors (Lipinski definition) is 4. The van der Waals surface area contributed by atoms with Gasteiger partial charge in [0.15, 0.2) is 5.65 Å². The van der Waals surface area contributed by atoms with Gasteiger partial charge in [0, 0.05) is 11.8 Å². The number of nitrogens with one attached hydrogen (secondary N) is 1. The van der Waals surface area contributed by atoms with Crippen molar-refractivity contribution in [3.05, 3.63) is 69.1 Å². The number of phenolic OH excluding ortho intramolecular Hbond substituents is 1. The Bertz CT molecular complexity index is 1190. The molecule has 0 bridgehead atoms. The molecule has 0 aliphatic rings. The number of aromatic amines is 1. The van der Waals surface area contributed by atoms with Crippen molar-refractivity contribution in [1.29, 1.82) is 0 Å². The number of halogens is 1. The summed E-state index contributed by atoms with van der Waals surface area (Å²) in [5, 5.41) is 15.5. The molecule has 0 unspecified atom stereocenters. The van der Waals surface area contributed by atoms with Crippen molar-refractivity contribution < 1.29 is 5.11 Å². The first-order valence-corrected chi connectivity index (χ1v) is 8.37. The maximum Gasteiger partial charge on any atom is 0.262 e. The predicted octanol–water partition coefficient (Wildman–Crippen LogP) is 3.75. The summed E-state index contributed by atoms with van der Waals surface area (Å²) in [6.07, 6.45) is 1.56. The minimum atomic E-state index is -0.319. The van der Waals surface area contributed by atoms with E-state index >= 15 is 0 Å². The lowest BCUT2D eigenvalue weighted by Crippen LogP contribution is -2.08. The van der Waals surface area contributed by atoms with Crippen LogP contribution in [0.25, 0.3) is 28.1 Å². The Morgan fingerprint density at radius 2 is 1.96 bits per heavy atom. The Labute approximate surface area is 153 Å². The Hall–Kier alpha value is -3.12. The molecule has 0 aliphatic heterocycles. The van der Waals surface area contributed by atoms with Crippen LogP contribution in [-0.4, -0.2) is 24.9 Å². The van der Waals surface area contributed by atoms with Crippen LogP contribution < -0.4 is 5.56 Å². The van der Waals surface area contributed by atoms with Gasteiger partial charge in [-0.3, -0.25) is 4.79 Å². The number of H-pyrrole nitrogens is 1. The monoisotopic (exact) mass is 366 g/mol. The van der Waals surface area contributed by atoms with Gasteiger partial charge >= 0.3 is 0 Å². The predicted molar refractivity (Wildman–Crippen MR) is 101 cm³/mol. The lowest BCUT2D eigenvalue weighted by atomic mass is 10.1. The van der Waals surface area contributed by atoms with Gasteiger partial charge in [0.2, 0.25) is 0 Å². The van der Waals surface area contributed by atoms with Gasteiger partial charge in [0.1, 0.15) is 22.6 Å². The Morgan fingerprint density at radius 3 is 2.69 bits per heavy atom. The Morgan fingerprint density at radius 1 is 1.19 bits per heavy atom. The molecule has 26 heavy (non-hydrogen) atoms. The van der Waals surface area contributed by atoms with Crippen LogP contribution in [-0.2, 0) is 0 Å². The number of fused-ring (bicyclic) bond motifs is 1. The molecule has 0 fully saturated rings. The van der Waals surface area contributed by atoms with Crippen LogP contribution in [0.4, 0.5) is 0 Å².